The van der Waals surface area contributed by atoms with E-state index in [9.17, 15) is 10.1 Å². The van der Waals surface area contributed by atoms with E-state index in [0.29, 0.717) is 16.0 Å². The second-order valence-corrected chi connectivity index (χ2v) is 5.68. The van der Waals surface area contributed by atoms with E-state index in [-0.39, 0.29) is 5.69 Å². The number of nitrogens with zero attached hydrogens (tertiary/aromatic N) is 1. The van der Waals surface area contributed by atoms with Gasteiger partial charge in [-0.25, -0.2) is 0 Å². The zero-order valence-electron chi connectivity index (χ0n) is 10.7. The van der Waals surface area contributed by atoms with Gasteiger partial charge in [0.2, 0.25) is 0 Å². The summed E-state index contributed by atoms with van der Waals surface area (Å²) in [5, 5.41) is 14.7. The highest BCUT2D eigenvalue weighted by molar-refractivity contribution is 9.10. The van der Waals surface area contributed by atoms with Crippen LogP contribution in [0, 0.1) is 17.0 Å². The van der Waals surface area contributed by atoms with Crippen LogP contribution < -0.4 is 5.32 Å². The van der Waals surface area contributed by atoms with Crippen molar-refractivity contribution >= 4 is 38.9 Å². The zero-order chi connectivity index (χ0) is 14.7. The summed E-state index contributed by atoms with van der Waals surface area (Å²) in [6, 6.07) is 10.5. The summed E-state index contributed by atoms with van der Waals surface area (Å²) in [6.45, 7) is 2.42. The fraction of sp³-hybridized carbons (Fsp3) is 0.143. The molecule has 2 aromatic rings. The summed E-state index contributed by atoms with van der Waals surface area (Å²) in [4.78, 5) is 10.4. The molecular weight excluding hydrogens is 344 g/mol. The lowest BCUT2D eigenvalue weighted by Crippen LogP contribution is -2.02. The molecule has 20 heavy (non-hydrogen) atoms. The third-order valence-corrected chi connectivity index (χ3v) is 3.62. The molecule has 0 aliphatic heterocycles. The Morgan fingerprint density at radius 2 is 2.10 bits per heavy atom. The van der Waals surface area contributed by atoms with Gasteiger partial charge < -0.3 is 5.32 Å². The van der Waals surface area contributed by atoms with Crippen molar-refractivity contribution in [1.29, 1.82) is 0 Å². The number of nitrogens with one attached hydrogen (secondary N) is 1. The van der Waals surface area contributed by atoms with Gasteiger partial charge in [0, 0.05) is 23.2 Å². The third-order valence-electron chi connectivity index (χ3n) is 2.84. The molecule has 2 rings (SSSR count). The number of benzene rings is 2. The van der Waals surface area contributed by atoms with Gasteiger partial charge in [0.1, 0.15) is 0 Å². The summed E-state index contributed by atoms with van der Waals surface area (Å²) < 4.78 is 0.680. The van der Waals surface area contributed by atoms with E-state index < -0.39 is 4.92 Å². The Hall–Kier alpha value is -1.59. The van der Waals surface area contributed by atoms with E-state index in [1.54, 1.807) is 12.1 Å². The fourth-order valence-electron chi connectivity index (χ4n) is 1.89. The quantitative estimate of drug-likeness (QED) is 0.625. The molecule has 104 valence electrons. The summed E-state index contributed by atoms with van der Waals surface area (Å²) in [5.74, 6) is 0. The number of anilines is 1. The Morgan fingerprint density at radius 1 is 1.35 bits per heavy atom. The van der Waals surface area contributed by atoms with Crippen LogP contribution in [0.15, 0.2) is 40.9 Å². The normalized spacial score (nSPS) is 10.3. The van der Waals surface area contributed by atoms with E-state index in [0.717, 1.165) is 16.8 Å². The largest absolute Gasteiger partial charge is 0.380 e. The van der Waals surface area contributed by atoms with Crippen LogP contribution in [0.25, 0.3) is 0 Å². The maximum Gasteiger partial charge on any atom is 0.270 e. The maximum absolute atomic E-state index is 10.8. The average molecular weight is 356 g/mol. The Morgan fingerprint density at radius 3 is 2.75 bits per heavy atom. The van der Waals surface area contributed by atoms with Crippen LogP contribution >= 0.6 is 27.5 Å². The van der Waals surface area contributed by atoms with Crippen molar-refractivity contribution in [3.05, 3.63) is 67.1 Å². The average Bonchev–Trinajstić information content (AvgIpc) is 2.37. The molecule has 4 nitrogen and oxygen atoms in total. The molecule has 0 unspecified atom stereocenters. The van der Waals surface area contributed by atoms with E-state index in [1.165, 1.54) is 6.07 Å². The third kappa shape index (κ3) is 3.49. The molecule has 0 aromatic heterocycles. The molecular formula is C14H12BrClN2O2. The van der Waals surface area contributed by atoms with Crippen LogP contribution in [0.4, 0.5) is 11.4 Å². The monoisotopic (exact) mass is 354 g/mol. The van der Waals surface area contributed by atoms with Crippen molar-refractivity contribution in [2.75, 3.05) is 5.32 Å². The highest BCUT2D eigenvalue weighted by Crippen LogP contribution is 2.27. The number of nitro groups is 1. The number of hydrogen-bond donors (Lipinski definition) is 1. The number of nitro benzene ring substituents is 1. The van der Waals surface area contributed by atoms with Crippen LogP contribution in [0.3, 0.4) is 0 Å². The van der Waals surface area contributed by atoms with Gasteiger partial charge in [-0.3, -0.25) is 10.1 Å². The van der Waals surface area contributed by atoms with Crippen molar-refractivity contribution in [2.24, 2.45) is 0 Å². The lowest BCUT2D eigenvalue weighted by molar-refractivity contribution is -0.385. The second-order valence-electron chi connectivity index (χ2n) is 4.36. The number of aryl methyl sites for hydroxylation is 1. The molecule has 6 heteroatoms. The van der Waals surface area contributed by atoms with Gasteiger partial charge in [0.15, 0.2) is 0 Å². The van der Waals surface area contributed by atoms with E-state index in [1.807, 2.05) is 25.1 Å². The molecule has 0 atom stereocenters. The number of rotatable bonds is 4. The minimum absolute atomic E-state index is 0.0621. The van der Waals surface area contributed by atoms with Gasteiger partial charge in [-0.05, 0) is 30.2 Å². The lowest BCUT2D eigenvalue weighted by atomic mass is 10.1. The minimum Gasteiger partial charge on any atom is -0.380 e. The summed E-state index contributed by atoms with van der Waals surface area (Å²) >= 11 is 9.41. The van der Waals surface area contributed by atoms with Crippen LogP contribution in [0.1, 0.15) is 11.1 Å². The predicted octanol–water partition coefficient (Wildman–Crippen LogP) is 4.93. The summed E-state index contributed by atoms with van der Waals surface area (Å²) in [5.41, 5.74) is 2.75. The van der Waals surface area contributed by atoms with Gasteiger partial charge in [-0.15, -0.1) is 0 Å². The Kier molecular flexibility index (Phi) is 4.62. The highest BCUT2D eigenvalue weighted by atomic mass is 79.9. The number of non-ortho nitro benzene ring substituents is 1. The molecule has 0 bridgehead atoms. The van der Waals surface area contributed by atoms with Crippen LogP contribution in [0.5, 0.6) is 0 Å². The lowest BCUT2D eigenvalue weighted by Gasteiger charge is -2.11. The molecule has 0 radical (unpaired) electrons. The molecule has 0 fully saturated rings. The topological polar surface area (TPSA) is 55.2 Å². The smallest absolute Gasteiger partial charge is 0.270 e. The minimum atomic E-state index is -0.408. The molecule has 0 aliphatic rings. The Bertz CT molecular complexity index is 641. The first-order chi connectivity index (χ1) is 9.47. The van der Waals surface area contributed by atoms with Crippen molar-refractivity contribution in [3.63, 3.8) is 0 Å². The standard InChI is InChI=1S/C14H12BrClN2O2/c1-9-3-2-4-13(16)14(9)17-8-10-5-11(15)7-12(6-10)18(19)20/h2-7,17H,8H2,1H3. The molecule has 0 saturated heterocycles. The molecule has 0 heterocycles. The second kappa shape index (κ2) is 6.24. The molecule has 0 amide bonds. The van der Waals surface area contributed by atoms with Crippen LogP contribution in [-0.2, 0) is 6.54 Å². The van der Waals surface area contributed by atoms with Gasteiger partial charge in [0.05, 0.1) is 15.6 Å². The first-order valence-electron chi connectivity index (χ1n) is 5.90. The number of hydrogen-bond acceptors (Lipinski definition) is 3. The summed E-state index contributed by atoms with van der Waals surface area (Å²) in [6.07, 6.45) is 0. The van der Waals surface area contributed by atoms with Gasteiger partial charge in [-0.1, -0.05) is 39.7 Å². The molecule has 2 aromatic carbocycles. The molecule has 1 N–H and O–H groups in total. The van der Waals surface area contributed by atoms with E-state index >= 15 is 0 Å². The first kappa shape index (κ1) is 14.8. The number of para-hydroxylation sites is 1. The van der Waals surface area contributed by atoms with Crippen molar-refractivity contribution in [2.45, 2.75) is 13.5 Å². The molecule has 0 spiro atoms. The zero-order valence-corrected chi connectivity index (χ0v) is 13.0. The van der Waals surface area contributed by atoms with Crippen molar-refractivity contribution < 1.29 is 4.92 Å². The van der Waals surface area contributed by atoms with Crippen LogP contribution in [0.2, 0.25) is 5.02 Å². The van der Waals surface area contributed by atoms with Crippen molar-refractivity contribution in [1.82, 2.24) is 0 Å². The SMILES string of the molecule is Cc1cccc(Cl)c1NCc1cc(Br)cc([N+](=O)[O-])c1. The number of halogens is 2. The fourth-order valence-corrected chi connectivity index (χ4v) is 2.70. The predicted molar refractivity (Wildman–Crippen MR) is 84.3 cm³/mol. The first-order valence-corrected chi connectivity index (χ1v) is 7.07. The van der Waals surface area contributed by atoms with E-state index in [4.69, 9.17) is 11.6 Å². The molecule has 0 saturated carbocycles. The van der Waals surface area contributed by atoms with Gasteiger partial charge >= 0.3 is 0 Å². The highest BCUT2D eigenvalue weighted by Gasteiger charge is 2.09. The van der Waals surface area contributed by atoms with E-state index in [2.05, 4.69) is 21.2 Å². The Labute approximate surface area is 130 Å². The van der Waals surface area contributed by atoms with Crippen molar-refractivity contribution in [3.8, 4) is 0 Å². The van der Waals surface area contributed by atoms with Crippen LogP contribution in [-0.4, -0.2) is 4.92 Å². The molecule has 0 aliphatic carbocycles. The maximum atomic E-state index is 10.8. The summed E-state index contributed by atoms with van der Waals surface area (Å²) in [7, 11) is 0. The van der Waals surface area contributed by atoms with Gasteiger partial charge in [0.25, 0.3) is 5.69 Å². The van der Waals surface area contributed by atoms with Gasteiger partial charge in [-0.2, -0.15) is 0 Å². The Balaban J connectivity index is 2.21.